The first-order chi connectivity index (χ1) is 6.20. The summed E-state index contributed by atoms with van der Waals surface area (Å²) in [5, 5.41) is 0. The molecule has 0 bridgehead atoms. The highest BCUT2D eigenvalue weighted by Gasteiger charge is 2.02. The smallest absolute Gasteiger partial charge is 0.295 e. The molecule has 0 aliphatic heterocycles. The summed E-state index contributed by atoms with van der Waals surface area (Å²) < 4.78 is 1.35. The second kappa shape index (κ2) is 2.55. The fourth-order valence-corrected chi connectivity index (χ4v) is 1.19. The first-order valence-corrected chi connectivity index (χ1v) is 3.74. The van der Waals surface area contributed by atoms with Crippen LogP contribution in [0.4, 0.5) is 0 Å². The Labute approximate surface area is 72.7 Å². The third-order valence-electron chi connectivity index (χ3n) is 1.89. The van der Waals surface area contributed by atoms with E-state index >= 15 is 0 Å². The second-order valence-electron chi connectivity index (χ2n) is 2.69. The molecule has 0 fully saturated rings. The van der Waals surface area contributed by atoms with Gasteiger partial charge in [-0.25, -0.2) is 9.78 Å². The number of aryl methyl sites for hydroxylation is 1. The van der Waals surface area contributed by atoms with E-state index in [1.807, 2.05) is 0 Å². The second-order valence-corrected chi connectivity index (χ2v) is 2.69. The lowest BCUT2D eigenvalue weighted by Crippen LogP contribution is -2.28. The predicted octanol–water partition coefficient (Wildman–Crippen LogP) is -0.378. The Kier molecular flexibility index (Phi) is 1.51. The van der Waals surface area contributed by atoms with E-state index in [0.717, 1.165) is 0 Å². The molecular weight excluding hydrogens is 170 g/mol. The van der Waals surface area contributed by atoms with Gasteiger partial charge < -0.3 is 0 Å². The van der Waals surface area contributed by atoms with Crippen molar-refractivity contribution < 1.29 is 0 Å². The molecule has 0 atom stereocenters. The third-order valence-corrected chi connectivity index (χ3v) is 1.89. The average molecular weight is 177 g/mol. The fourth-order valence-electron chi connectivity index (χ4n) is 1.19. The quantitative estimate of drug-likeness (QED) is 0.596. The molecule has 2 aromatic rings. The van der Waals surface area contributed by atoms with Crippen LogP contribution in [0.25, 0.3) is 11.0 Å². The minimum absolute atomic E-state index is 0.282. The van der Waals surface area contributed by atoms with Crippen LogP contribution in [0.2, 0.25) is 0 Å². The standard InChI is InChI=1S/C8H7N3O2/c1-11-5-3-2-4-9-6(5)7(12)10-8(11)13/h2-4H,1H3,(H,10,12,13). The molecule has 66 valence electrons. The molecule has 0 aliphatic carbocycles. The summed E-state index contributed by atoms with van der Waals surface area (Å²) in [6.45, 7) is 0. The summed E-state index contributed by atoms with van der Waals surface area (Å²) >= 11 is 0. The number of H-pyrrole nitrogens is 1. The Balaban J connectivity index is 3.15. The number of hydrogen-bond donors (Lipinski definition) is 1. The van der Waals surface area contributed by atoms with Gasteiger partial charge in [0.25, 0.3) is 5.56 Å². The van der Waals surface area contributed by atoms with Crippen LogP contribution in [0.3, 0.4) is 0 Å². The van der Waals surface area contributed by atoms with Crippen molar-refractivity contribution in [2.24, 2.45) is 7.05 Å². The van der Waals surface area contributed by atoms with E-state index in [2.05, 4.69) is 9.97 Å². The maximum atomic E-state index is 11.2. The zero-order valence-corrected chi connectivity index (χ0v) is 6.94. The van der Waals surface area contributed by atoms with Crippen LogP contribution in [0.15, 0.2) is 27.9 Å². The topological polar surface area (TPSA) is 67.8 Å². The van der Waals surface area contributed by atoms with Gasteiger partial charge in [0, 0.05) is 13.2 Å². The molecule has 5 nitrogen and oxygen atoms in total. The van der Waals surface area contributed by atoms with Gasteiger partial charge in [-0.3, -0.25) is 14.3 Å². The zero-order valence-electron chi connectivity index (χ0n) is 6.94. The molecular formula is C8H7N3O2. The largest absolute Gasteiger partial charge is 0.328 e. The Hall–Kier alpha value is -1.91. The number of nitrogens with one attached hydrogen (secondary N) is 1. The van der Waals surface area contributed by atoms with Crippen LogP contribution in [0, 0.1) is 0 Å². The SMILES string of the molecule is Cn1c(=O)[nH]c(=O)c2ncccc21. The number of fused-ring (bicyclic) bond motifs is 1. The summed E-state index contributed by atoms with van der Waals surface area (Å²) in [6, 6.07) is 3.36. The van der Waals surface area contributed by atoms with Crippen LogP contribution in [0.1, 0.15) is 0 Å². The van der Waals surface area contributed by atoms with Gasteiger partial charge in [-0.15, -0.1) is 0 Å². The van der Waals surface area contributed by atoms with Gasteiger partial charge in [-0.1, -0.05) is 0 Å². The Morgan fingerprint density at radius 2 is 2.23 bits per heavy atom. The molecule has 2 aromatic heterocycles. The number of rotatable bonds is 0. The average Bonchev–Trinajstić information content (AvgIpc) is 2.15. The highest BCUT2D eigenvalue weighted by Crippen LogP contribution is 2.00. The van der Waals surface area contributed by atoms with Crippen LogP contribution in [-0.2, 0) is 7.05 Å². The van der Waals surface area contributed by atoms with Crippen molar-refractivity contribution in [3.05, 3.63) is 39.2 Å². The molecule has 0 unspecified atom stereocenters. The molecule has 0 aromatic carbocycles. The first kappa shape index (κ1) is 7.72. The number of aromatic nitrogens is 3. The molecule has 5 heteroatoms. The maximum Gasteiger partial charge on any atom is 0.328 e. The van der Waals surface area contributed by atoms with E-state index in [1.54, 1.807) is 19.2 Å². The molecule has 0 saturated heterocycles. The summed E-state index contributed by atoms with van der Waals surface area (Å²) in [7, 11) is 1.59. The summed E-state index contributed by atoms with van der Waals surface area (Å²) in [5.74, 6) is 0. The van der Waals surface area contributed by atoms with E-state index < -0.39 is 11.2 Å². The van der Waals surface area contributed by atoms with Crippen molar-refractivity contribution in [2.45, 2.75) is 0 Å². The summed E-state index contributed by atoms with van der Waals surface area (Å²) in [4.78, 5) is 28.4. The number of hydrogen-bond acceptors (Lipinski definition) is 3. The molecule has 1 N–H and O–H groups in total. The first-order valence-electron chi connectivity index (χ1n) is 3.74. The molecule has 0 saturated carbocycles. The van der Waals surface area contributed by atoms with Gasteiger partial charge in [0.1, 0.15) is 0 Å². The van der Waals surface area contributed by atoms with Crippen LogP contribution in [0.5, 0.6) is 0 Å². The molecule has 2 rings (SSSR count). The summed E-state index contributed by atoms with van der Waals surface area (Å²) in [5.41, 5.74) is -0.0509. The maximum absolute atomic E-state index is 11.2. The molecule has 0 spiro atoms. The Bertz CT molecular complexity index is 567. The van der Waals surface area contributed by atoms with Gasteiger partial charge >= 0.3 is 5.69 Å². The number of nitrogens with zero attached hydrogens (tertiary/aromatic N) is 2. The highest BCUT2D eigenvalue weighted by atomic mass is 16.2. The van der Waals surface area contributed by atoms with E-state index in [9.17, 15) is 9.59 Å². The van der Waals surface area contributed by atoms with E-state index in [1.165, 1.54) is 10.8 Å². The minimum Gasteiger partial charge on any atom is -0.295 e. The molecule has 0 radical (unpaired) electrons. The van der Waals surface area contributed by atoms with Crippen molar-refractivity contribution in [2.75, 3.05) is 0 Å². The van der Waals surface area contributed by atoms with E-state index in [4.69, 9.17) is 0 Å². The van der Waals surface area contributed by atoms with Crippen LogP contribution in [-0.4, -0.2) is 14.5 Å². The molecule has 0 amide bonds. The lowest BCUT2D eigenvalue weighted by atomic mass is 10.3. The Morgan fingerprint density at radius 3 is 3.00 bits per heavy atom. The lowest BCUT2D eigenvalue weighted by Gasteiger charge is -2.00. The summed E-state index contributed by atoms with van der Waals surface area (Å²) in [6.07, 6.45) is 1.52. The van der Waals surface area contributed by atoms with Crippen LogP contribution < -0.4 is 11.2 Å². The number of aromatic amines is 1. The normalized spacial score (nSPS) is 10.5. The van der Waals surface area contributed by atoms with Crippen molar-refractivity contribution in [3.8, 4) is 0 Å². The van der Waals surface area contributed by atoms with Gasteiger partial charge in [0.05, 0.1) is 5.52 Å². The molecule has 2 heterocycles. The van der Waals surface area contributed by atoms with Crippen molar-refractivity contribution in [1.29, 1.82) is 0 Å². The minimum atomic E-state index is -0.446. The van der Waals surface area contributed by atoms with Gasteiger partial charge in [-0.2, -0.15) is 0 Å². The van der Waals surface area contributed by atoms with E-state index in [0.29, 0.717) is 5.52 Å². The van der Waals surface area contributed by atoms with Gasteiger partial charge in [-0.05, 0) is 12.1 Å². The lowest BCUT2D eigenvalue weighted by molar-refractivity contribution is 0.839. The zero-order chi connectivity index (χ0) is 9.42. The van der Waals surface area contributed by atoms with Crippen LogP contribution >= 0.6 is 0 Å². The van der Waals surface area contributed by atoms with Crippen molar-refractivity contribution in [1.82, 2.24) is 14.5 Å². The molecule has 13 heavy (non-hydrogen) atoms. The third kappa shape index (κ3) is 1.05. The van der Waals surface area contributed by atoms with Crippen molar-refractivity contribution in [3.63, 3.8) is 0 Å². The highest BCUT2D eigenvalue weighted by molar-refractivity contribution is 5.72. The fraction of sp³-hybridized carbons (Fsp3) is 0.125. The van der Waals surface area contributed by atoms with Gasteiger partial charge in [0.15, 0.2) is 5.52 Å². The molecule has 0 aliphatic rings. The van der Waals surface area contributed by atoms with E-state index in [-0.39, 0.29) is 5.52 Å². The Morgan fingerprint density at radius 1 is 1.46 bits per heavy atom. The predicted molar refractivity (Wildman–Crippen MR) is 47.6 cm³/mol. The van der Waals surface area contributed by atoms with Gasteiger partial charge in [0.2, 0.25) is 0 Å². The number of pyridine rings is 1. The monoisotopic (exact) mass is 177 g/mol. The van der Waals surface area contributed by atoms with Crippen molar-refractivity contribution >= 4 is 11.0 Å².